The molecule has 0 amide bonds. The summed E-state index contributed by atoms with van der Waals surface area (Å²) in [6.45, 7) is 2.33. The maximum absolute atomic E-state index is 11.9. The number of aliphatic carboxylic acids is 1. The van der Waals surface area contributed by atoms with E-state index < -0.39 is 17.3 Å². The van der Waals surface area contributed by atoms with Crippen molar-refractivity contribution in [2.45, 2.75) is 51.0 Å². The number of carbonyl (C=O) groups is 2. The minimum atomic E-state index is -1.83. The molecule has 0 aliphatic heterocycles. The van der Waals surface area contributed by atoms with Gasteiger partial charge in [0.25, 0.3) is 0 Å². The second kappa shape index (κ2) is 8.47. The van der Waals surface area contributed by atoms with Gasteiger partial charge in [0.1, 0.15) is 0 Å². The third kappa shape index (κ3) is 6.19. The van der Waals surface area contributed by atoms with Crippen LogP contribution in [-0.2, 0) is 9.59 Å². The lowest BCUT2D eigenvalue weighted by molar-refractivity contribution is -0.148. The lowest BCUT2D eigenvalue weighted by Gasteiger charge is -2.23. The highest BCUT2D eigenvalue weighted by Gasteiger charge is 2.40. The fourth-order valence-corrected chi connectivity index (χ4v) is 1.71. The predicted octanol–water partition coefficient (Wildman–Crippen LogP) is 0.181. The van der Waals surface area contributed by atoms with Crippen molar-refractivity contribution in [1.82, 2.24) is 5.32 Å². The zero-order chi connectivity index (χ0) is 14.9. The monoisotopic (exact) mass is 272 g/mol. The molecule has 0 aromatic carbocycles. The molecule has 0 heterocycles. The van der Waals surface area contributed by atoms with Gasteiger partial charge in [0.05, 0.1) is 0 Å². The van der Waals surface area contributed by atoms with Crippen molar-refractivity contribution in [3.05, 3.63) is 0 Å². The molecule has 7 heteroatoms. The van der Waals surface area contributed by atoms with Gasteiger partial charge in [-0.3, -0.25) is 10.2 Å². The molecule has 7 N–H and O–H groups in total. The van der Waals surface area contributed by atoms with E-state index in [9.17, 15) is 9.59 Å². The molecular formula is C12H24N4O3. The van der Waals surface area contributed by atoms with Gasteiger partial charge in [0.15, 0.2) is 17.3 Å². The zero-order valence-corrected chi connectivity index (χ0v) is 11.4. The predicted molar refractivity (Wildman–Crippen MR) is 72.9 cm³/mol. The second-order valence-electron chi connectivity index (χ2n) is 4.60. The number of hydrogen-bond donors (Lipinski definition) is 5. The van der Waals surface area contributed by atoms with Gasteiger partial charge in [-0.2, -0.15) is 0 Å². The third-order valence-electron chi connectivity index (χ3n) is 2.95. The fourth-order valence-electron chi connectivity index (χ4n) is 1.71. The highest BCUT2D eigenvalue weighted by Crippen LogP contribution is 2.16. The van der Waals surface area contributed by atoms with Crippen LogP contribution in [0.1, 0.15) is 45.4 Å². The Morgan fingerprint density at radius 3 is 2.42 bits per heavy atom. The Morgan fingerprint density at radius 2 is 1.95 bits per heavy atom. The molecule has 0 aromatic heterocycles. The quantitative estimate of drug-likeness (QED) is 0.166. The number of carboxylic acid groups (broad SMARTS) is 1. The summed E-state index contributed by atoms with van der Waals surface area (Å²) in [6.07, 6.45) is 3.09. The Hall–Kier alpha value is -1.63. The Labute approximate surface area is 113 Å². The summed E-state index contributed by atoms with van der Waals surface area (Å²) in [5.74, 6) is -1.92. The molecule has 1 atom stereocenters. The van der Waals surface area contributed by atoms with Crippen molar-refractivity contribution in [3.8, 4) is 0 Å². The highest BCUT2D eigenvalue weighted by atomic mass is 16.4. The van der Waals surface area contributed by atoms with E-state index in [0.717, 1.165) is 12.8 Å². The number of nitrogens with one attached hydrogen (secondary N) is 2. The summed E-state index contributed by atoms with van der Waals surface area (Å²) >= 11 is 0. The highest BCUT2D eigenvalue weighted by molar-refractivity contribution is 6.07. The topological polar surface area (TPSA) is 142 Å². The van der Waals surface area contributed by atoms with Crippen molar-refractivity contribution < 1.29 is 14.7 Å². The summed E-state index contributed by atoms with van der Waals surface area (Å²) in [5, 5.41) is 18.6. The van der Waals surface area contributed by atoms with E-state index in [1.54, 1.807) is 0 Å². The number of rotatable bonds is 10. The summed E-state index contributed by atoms with van der Waals surface area (Å²) < 4.78 is 0. The molecule has 0 aliphatic rings. The van der Waals surface area contributed by atoms with E-state index in [1.165, 1.54) is 0 Å². The van der Waals surface area contributed by atoms with Gasteiger partial charge in [-0.15, -0.1) is 0 Å². The Kier molecular flexibility index (Phi) is 7.74. The number of nitrogens with two attached hydrogens (primary N) is 2. The smallest absolute Gasteiger partial charge is 0.331 e. The molecule has 110 valence electrons. The van der Waals surface area contributed by atoms with Crippen molar-refractivity contribution in [2.75, 3.05) is 6.54 Å². The van der Waals surface area contributed by atoms with E-state index >= 15 is 0 Å². The van der Waals surface area contributed by atoms with Crippen LogP contribution in [0.25, 0.3) is 0 Å². The summed E-state index contributed by atoms with van der Waals surface area (Å²) in [4.78, 5) is 23.1. The van der Waals surface area contributed by atoms with E-state index in [0.29, 0.717) is 19.4 Å². The largest absolute Gasteiger partial charge is 0.480 e. The Bertz CT molecular complexity index is 333. The van der Waals surface area contributed by atoms with Gasteiger partial charge >= 0.3 is 5.97 Å². The molecule has 0 fully saturated rings. The molecule has 0 aliphatic carbocycles. The number of guanidine groups is 1. The first-order valence-corrected chi connectivity index (χ1v) is 6.48. The average Bonchev–Trinajstić information content (AvgIpc) is 2.33. The van der Waals surface area contributed by atoms with Crippen LogP contribution < -0.4 is 16.8 Å². The SMILES string of the molecule is CCCCCC(=O)C(N)(CCCNC(=N)N)C(=O)O. The summed E-state index contributed by atoms with van der Waals surface area (Å²) in [6, 6.07) is 0. The van der Waals surface area contributed by atoms with Gasteiger partial charge in [-0.05, 0) is 19.3 Å². The second-order valence-corrected chi connectivity index (χ2v) is 4.60. The van der Waals surface area contributed by atoms with Crippen molar-refractivity contribution in [1.29, 1.82) is 5.41 Å². The lowest BCUT2D eigenvalue weighted by Crippen LogP contribution is -2.55. The molecule has 0 rings (SSSR count). The van der Waals surface area contributed by atoms with Gasteiger partial charge < -0.3 is 21.9 Å². The summed E-state index contributed by atoms with van der Waals surface area (Å²) in [7, 11) is 0. The standard InChI is InChI=1S/C12H24N4O3/c1-2-3-4-6-9(17)12(15,10(18)19)7-5-8-16-11(13)14/h2-8,15H2,1H3,(H,18,19)(H4,13,14,16). The molecule has 19 heavy (non-hydrogen) atoms. The molecular weight excluding hydrogens is 248 g/mol. The van der Waals surface area contributed by atoms with Gasteiger partial charge in [-0.25, -0.2) is 4.79 Å². The normalized spacial score (nSPS) is 13.6. The number of unbranched alkanes of at least 4 members (excludes halogenated alkanes) is 2. The molecule has 7 nitrogen and oxygen atoms in total. The molecule has 0 saturated carbocycles. The fraction of sp³-hybridized carbons (Fsp3) is 0.750. The first-order valence-electron chi connectivity index (χ1n) is 6.48. The number of carboxylic acids is 1. The molecule has 0 saturated heterocycles. The minimum Gasteiger partial charge on any atom is -0.480 e. The average molecular weight is 272 g/mol. The van der Waals surface area contributed by atoms with Crippen LogP contribution in [0.2, 0.25) is 0 Å². The minimum absolute atomic E-state index is 0.0353. The van der Waals surface area contributed by atoms with Crippen LogP contribution in [0, 0.1) is 5.41 Å². The van der Waals surface area contributed by atoms with E-state index in [-0.39, 0.29) is 18.8 Å². The summed E-state index contributed by atoms with van der Waals surface area (Å²) in [5.41, 5.74) is 9.00. The number of Topliss-reactive ketones (excluding diaryl/α,β-unsaturated/α-hetero) is 1. The van der Waals surface area contributed by atoms with Crippen LogP contribution in [0.15, 0.2) is 0 Å². The van der Waals surface area contributed by atoms with E-state index in [4.69, 9.17) is 22.0 Å². The number of hydrogen-bond acceptors (Lipinski definition) is 4. The maximum Gasteiger partial charge on any atom is 0.331 e. The Balaban J connectivity index is 4.36. The van der Waals surface area contributed by atoms with Crippen LogP contribution in [-0.4, -0.2) is 34.9 Å². The first-order chi connectivity index (χ1) is 8.84. The van der Waals surface area contributed by atoms with Crippen LogP contribution in [0.5, 0.6) is 0 Å². The van der Waals surface area contributed by atoms with E-state index in [2.05, 4.69) is 5.32 Å². The molecule has 0 spiro atoms. The zero-order valence-electron chi connectivity index (χ0n) is 11.4. The van der Waals surface area contributed by atoms with E-state index in [1.807, 2.05) is 6.92 Å². The van der Waals surface area contributed by atoms with Crippen molar-refractivity contribution in [2.24, 2.45) is 11.5 Å². The molecule has 0 aromatic rings. The van der Waals surface area contributed by atoms with Crippen LogP contribution in [0.3, 0.4) is 0 Å². The maximum atomic E-state index is 11.9. The third-order valence-corrected chi connectivity index (χ3v) is 2.95. The molecule has 0 bridgehead atoms. The van der Waals surface area contributed by atoms with Crippen molar-refractivity contribution in [3.63, 3.8) is 0 Å². The molecule has 1 unspecified atom stereocenters. The number of ketones is 1. The first kappa shape index (κ1) is 17.4. The van der Waals surface area contributed by atoms with Gasteiger partial charge in [0, 0.05) is 13.0 Å². The number of carbonyl (C=O) groups excluding carboxylic acids is 1. The molecule has 0 radical (unpaired) electrons. The van der Waals surface area contributed by atoms with Crippen LogP contribution >= 0.6 is 0 Å². The van der Waals surface area contributed by atoms with Gasteiger partial charge in [0.2, 0.25) is 0 Å². The van der Waals surface area contributed by atoms with Crippen molar-refractivity contribution >= 4 is 17.7 Å². The lowest BCUT2D eigenvalue weighted by atomic mass is 9.87. The van der Waals surface area contributed by atoms with Crippen LogP contribution in [0.4, 0.5) is 0 Å². The Morgan fingerprint density at radius 1 is 1.32 bits per heavy atom. The van der Waals surface area contributed by atoms with Gasteiger partial charge in [-0.1, -0.05) is 19.8 Å².